The molecule has 1 N–H and O–H groups in total. The summed E-state index contributed by atoms with van der Waals surface area (Å²) in [5.41, 5.74) is 0.702. The molecule has 0 bridgehead atoms. The lowest BCUT2D eigenvalue weighted by atomic mass is 10.0. The van der Waals surface area contributed by atoms with Crippen molar-refractivity contribution in [2.24, 2.45) is 0 Å². The van der Waals surface area contributed by atoms with Crippen molar-refractivity contribution < 1.29 is 23.1 Å². The molecule has 10 heteroatoms. The highest BCUT2D eigenvalue weighted by atomic mass is 35.5. The van der Waals surface area contributed by atoms with Crippen LogP contribution in [0.2, 0.25) is 5.28 Å². The molecule has 32 heavy (non-hydrogen) atoms. The number of nitrogens with zero attached hydrogens (tertiary/aromatic N) is 3. The number of aromatic nitrogens is 3. The van der Waals surface area contributed by atoms with E-state index in [0.29, 0.717) is 24.8 Å². The average molecular weight is 459 g/mol. The molecule has 3 heterocycles. The standard InChI is InChI=1S/C22H20ClFN4O4/c1-2-10-31-22(29)27-15-5-3-4-14(17(15)24)18-19(16-6-9-25-21(23)26-16)32-20(28-18)13-7-11-30-12-8-13/h2-6,9,13H,1,7-8,10-12H2,(H,27,29). The molecule has 0 spiro atoms. The van der Waals surface area contributed by atoms with Crippen LogP contribution < -0.4 is 5.32 Å². The maximum atomic E-state index is 15.4. The zero-order chi connectivity index (χ0) is 22.5. The fraction of sp³-hybridized carbons (Fsp3) is 0.273. The summed E-state index contributed by atoms with van der Waals surface area (Å²) in [6, 6.07) is 6.18. The van der Waals surface area contributed by atoms with Gasteiger partial charge in [-0.3, -0.25) is 5.32 Å². The van der Waals surface area contributed by atoms with E-state index in [-0.39, 0.29) is 40.5 Å². The van der Waals surface area contributed by atoms with Gasteiger partial charge < -0.3 is 13.9 Å². The molecule has 0 atom stereocenters. The fourth-order valence-electron chi connectivity index (χ4n) is 3.37. The quantitative estimate of drug-likeness (QED) is 0.399. The number of ether oxygens (including phenoxy) is 2. The molecule has 0 saturated carbocycles. The van der Waals surface area contributed by atoms with Crippen LogP contribution in [-0.2, 0) is 9.47 Å². The van der Waals surface area contributed by atoms with Crippen LogP contribution in [-0.4, -0.2) is 40.9 Å². The van der Waals surface area contributed by atoms with Crippen molar-refractivity contribution in [2.75, 3.05) is 25.1 Å². The largest absolute Gasteiger partial charge is 0.445 e. The number of hydrogen-bond acceptors (Lipinski definition) is 7. The van der Waals surface area contributed by atoms with Gasteiger partial charge in [-0.1, -0.05) is 18.7 Å². The molecule has 1 aliphatic rings. The lowest BCUT2D eigenvalue weighted by Crippen LogP contribution is -2.15. The number of oxazole rings is 1. The zero-order valence-electron chi connectivity index (χ0n) is 17.0. The van der Waals surface area contributed by atoms with Crippen LogP contribution in [0.4, 0.5) is 14.9 Å². The summed E-state index contributed by atoms with van der Waals surface area (Å²) in [6.45, 7) is 4.66. The summed E-state index contributed by atoms with van der Waals surface area (Å²) in [5, 5.41) is 2.41. The van der Waals surface area contributed by atoms with Crippen molar-refractivity contribution in [3.05, 3.63) is 60.1 Å². The van der Waals surface area contributed by atoms with Gasteiger partial charge in [-0.2, -0.15) is 0 Å². The number of anilines is 1. The van der Waals surface area contributed by atoms with Gasteiger partial charge in [0.05, 0.1) is 5.69 Å². The van der Waals surface area contributed by atoms with E-state index >= 15 is 4.39 Å². The second kappa shape index (κ2) is 9.88. The molecule has 4 rings (SSSR count). The minimum Gasteiger partial charge on any atom is -0.445 e. The second-order valence-corrected chi connectivity index (χ2v) is 7.34. The van der Waals surface area contributed by atoms with E-state index in [2.05, 4.69) is 26.8 Å². The Bertz CT molecular complexity index is 1130. The Morgan fingerprint density at radius 3 is 2.88 bits per heavy atom. The number of halogens is 2. The van der Waals surface area contributed by atoms with Crippen molar-refractivity contribution >= 4 is 23.4 Å². The molecule has 2 aromatic heterocycles. The van der Waals surface area contributed by atoms with Gasteiger partial charge in [0.2, 0.25) is 5.28 Å². The zero-order valence-corrected chi connectivity index (χ0v) is 17.8. The number of hydrogen-bond donors (Lipinski definition) is 1. The molecule has 3 aromatic rings. The maximum absolute atomic E-state index is 15.4. The predicted octanol–water partition coefficient (Wildman–Crippen LogP) is 5.22. The van der Waals surface area contributed by atoms with E-state index in [0.717, 1.165) is 12.8 Å². The molecule has 8 nitrogen and oxygen atoms in total. The van der Waals surface area contributed by atoms with Gasteiger partial charge in [-0.15, -0.1) is 0 Å². The maximum Gasteiger partial charge on any atom is 0.412 e. The van der Waals surface area contributed by atoms with Crippen LogP contribution in [0.15, 0.2) is 47.5 Å². The van der Waals surface area contributed by atoms with Crippen molar-refractivity contribution in [1.29, 1.82) is 0 Å². The molecular weight excluding hydrogens is 439 g/mol. The highest BCUT2D eigenvalue weighted by Crippen LogP contribution is 2.38. The number of carbonyl (C=O) groups excluding carboxylic acids is 1. The monoisotopic (exact) mass is 458 g/mol. The Hall–Kier alpha value is -3.30. The topological polar surface area (TPSA) is 99.4 Å². The van der Waals surface area contributed by atoms with Gasteiger partial charge in [0, 0.05) is 30.9 Å². The first-order chi connectivity index (χ1) is 15.6. The summed E-state index contributed by atoms with van der Waals surface area (Å²) >= 11 is 5.96. The first-order valence-electron chi connectivity index (χ1n) is 9.97. The van der Waals surface area contributed by atoms with Gasteiger partial charge in [-0.05, 0) is 42.6 Å². The van der Waals surface area contributed by atoms with Crippen molar-refractivity contribution in [2.45, 2.75) is 18.8 Å². The minimum absolute atomic E-state index is 0.00348. The molecule has 1 saturated heterocycles. The third-order valence-electron chi connectivity index (χ3n) is 4.90. The van der Waals surface area contributed by atoms with E-state index in [1.807, 2.05) is 0 Å². The Morgan fingerprint density at radius 1 is 1.31 bits per heavy atom. The third kappa shape index (κ3) is 4.79. The third-order valence-corrected chi connectivity index (χ3v) is 5.08. The van der Waals surface area contributed by atoms with Crippen LogP contribution in [0.5, 0.6) is 0 Å². The Labute approximate surface area is 188 Å². The summed E-state index contributed by atoms with van der Waals surface area (Å²) < 4.78 is 31.8. The lowest BCUT2D eigenvalue weighted by Gasteiger charge is -2.18. The summed E-state index contributed by atoms with van der Waals surface area (Å²) in [5.74, 6) is 0.0837. The Balaban J connectivity index is 1.76. The molecule has 1 aliphatic heterocycles. The van der Waals surface area contributed by atoms with Gasteiger partial charge in [0.25, 0.3) is 0 Å². The van der Waals surface area contributed by atoms with Crippen LogP contribution in [0.25, 0.3) is 22.7 Å². The first-order valence-corrected chi connectivity index (χ1v) is 10.4. The molecule has 1 fully saturated rings. The SMILES string of the molecule is C=CCOC(=O)Nc1cccc(-c2nc(C3CCOCC3)oc2-c2ccnc(Cl)n2)c1F. The van der Waals surface area contributed by atoms with Crippen molar-refractivity contribution in [1.82, 2.24) is 15.0 Å². The van der Waals surface area contributed by atoms with Gasteiger partial charge in [-0.25, -0.2) is 24.1 Å². The molecule has 0 unspecified atom stereocenters. The van der Waals surface area contributed by atoms with Gasteiger partial charge in [0.1, 0.15) is 18.0 Å². The van der Waals surface area contributed by atoms with E-state index in [9.17, 15) is 4.79 Å². The van der Waals surface area contributed by atoms with E-state index < -0.39 is 11.9 Å². The minimum atomic E-state index is -0.799. The molecule has 1 aromatic carbocycles. The number of benzene rings is 1. The van der Waals surface area contributed by atoms with Crippen molar-refractivity contribution in [3.8, 4) is 22.7 Å². The molecule has 0 radical (unpaired) electrons. The smallest absolute Gasteiger partial charge is 0.412 e. The summed E-state index contributed by atoms with van der Waals surface area (Å²) in [7, 11) is 0. The highest BCUT2D eigenvalue weighted by Gasteiger charge is 2.27. The first kappa shape index (κ1) is 21.9. The molecule has 1 amide bonds. The average Bonchev–Trinajstić information content (AvgIpc) is 3.25. The van der Waals surface area contributed by atoms with Crippen molar-refractivity contribution in [3.63, 3.8) is 0 Å². The molecule has 0 aliphatic carbocycles. The predicted molar refractivity (Wildman–Crippen MR) is 116 cm³/mol. The van der Waals surface area contributed by atoms with Crippen LogP contribution >= 0.6 is 11.6 Å². The fourth-order valence-corrected chi connectivity index (χ4v) is 3.51. The normalized spacial score (nSPS) is 14.2. The number of rotatable bonds is 6. The number of carbonyl (C=O) groups is 1. The van der Waals surface area contributed by atoms with E-state index in [1.54, 1.807) is 18.2 Å². The lowest BCUT2D eigenvalue weighted by molar-refractivity contribution is 0.0796. The number of amides is 1. The second-order valence-electron chi connectivity index (χ2n) is 7.01. The Morgan fingerprint density at radius 2 is 2.12 bits per heavy atom. The van der Waals surface area contributed by atoms with Crippen LogP contribution in [0.3, 0.4) is 0 Å². The molecular formula is C22H20ClFN4O4. The van der Waals surface area contributed by atoms with Gasteiger partial charge in [0.15, 0.2) is 17.5 Å². The van der Waals surface area contributed by atoms with Gasteiger partial charge >= 0.3 is 6.09 Å². The molecule has 166 valence electrons. The highest BCUT2D eigenvalue weighted by molar-refractivity contribution is 6.28. The summed E-state index contributed by atoms with van der Waals surface area (Å²) in [4.78, 5) is 24.6. The van der Waals surface area contributed by atoms with Crippen LogP contribution in [0.1, 0.15) is 24.7 Å². The Kier molecular flexibility index (Phi) is 6.77. The van der Waals surface area contributed by atoms with E-state index in [4.69, 9.17) is 25.5 Å². The van der Waals surface area contributed by atoms with E-state index in [1.165, 1.54) is 18.3 Å². The van der Waals surface area contributed by atoms with Crippen LogP contribution in [0, 0.1) is 5.82 Å². The number of nitrogens with one attached hydrogen (secondary N) is 1. The summed E-state index contributed by atoms with van der Waals surface area (Å²) in [6.07, 6.45) is 3.58.